The molecule has 0 atom stereocenters. The number of rotatable bonds is 10. The van der Waals surface area contributed by atoms with Crippen molar-refractivity contribution in [2.24, 2.45) is 0 Å². The first-order chi connectivity index (χ1) is 15.7. The van der Waals surface area contributed by atoms with Crippen molar-refractivity contribution < 1.29 is 21.6 Å². The Labute approximate surface area is 197 Å². The van der Waals surface area contributed by atoms with Crippen LogP contribution in [0.2, 0.25) is 0 Å². The minimum absolute atomic E-state index is 0.0466. The van der Waals surface area contributed by atoms with Crippen molar-refractivity contribution in [2.75, 3.05) is 52.3 Å². The molecule has 0 saturated carbocycles. The molecule has 1 fully saturated rings. The highest BCUT2D eigenvalue weighted by molar-refractivity contribution is 7.89. The van der Waals surface area contributed by atoms with E-state index in [0.717, 1.165) is 41.5 Å². The highest BCUT2D eigenvalue weighted by Crippen LogP contribution is 2.28. The topological polar surface area (TPSA) is 87.2 Å². The van der Waals surface area contributed by atoms with Crippen LogP contribution in [0.5, 0.6) is 0 Å². The Morgan fingerprint density at radius 1 is 0.848 bits per heavy atom. The van der Waals surface area contributed by atoms with E-state index in [9.17, 15) is 16.8 Å². The minimum Gasteiger partial charge on any atom is -0.383 e. The van der Waals surface area contributed by atoms with Gasteiger partial charge in [0.1, 0.15) is 0 Å². The summed E-state index contributed by atoms with van der Waals surface area (Å²) in [6.45, 7) is 2.56. The highest BCUT2D eigenvalue weighted by atomic mass is 32.2. The maximum absolute atomic E-state index is 13.5. The summed E-state index contributed by atoms with van der Waals surface area (Å²) in [4.78, 5) is 2.41. The Balaban J connectivity index is 1.92. The fourth-order valence-corrected chi connectivity index (χ4v) is 6.20. The first kappa shape index (κ1) is 25.6. The summed E-state index contributed by atoms with van der Waals surface area (Å²) in [5.41, 5.74) is 1.99. The third-order valence-corrected chi connectivity index (χ3v) is 9.51. The monoisotopic (exact) mass is 495 g/mol. The Kier molecular flexibility index (Phi) is 8.52. The molecule has 0 aliphatic carbocycles. The van der Waals surface area contributed by atoms with Gasteiger partial charge in [0.05, 0.1) is 16.4 Å². The lowest BCUT2D eigenvalue weighted by atomic mass is 10.1. The number of sulfonamides is 2. The second-order valence-electron chi connectivity index (χ2n) is 8.27. The van der Waals surface area contributed by atoms with Gasteiger partial charge in [0.25, 0.3) is 0 Å². The van der Waals surface area contributed by atoms with Crippen LogP contribution in [0, 0.1) is 0 Å². The SMILES string of the molecule is COCCN(Cc1ccccc1N1CCCCC1)S(=O)(=O)c1ccc(S(=O)(=O)N(C)C)cc1. The number of ether oxygens (including phenoxy) is 1. The molecule has 33 heavy (non-hydrogen) atoms. The molecule has 10 heteroatoms. The van der Waals surface area contributed by atoms with Gasteiger partial charge in [-0.3, -0.25) is 0 Å². The van der Waals surface area contributed by atoms with E-state index in [2.05, 4.69) is 4.90 Å². The predicted octanol–water partition coefficient (Wildman–Crippen LogP) is 2.76. The molecular formula is C23H33N3O5S2. The van der Waals surface area contributed by atoms with Crippen molar-refractivity contribution in [2.45, 2.75) is 35.6 Å². The van der Waals surface area contributed by atoms with Gasteiger partial charge in [-0.15, -0.1) is 0 Å². The fraction of sp³-hybridized carbons (Fsp3) is 0.478. The summed E-state index contributed by atoms with van der Waals surface area (Å²) in [5, 5.41) is 0. The van der Waals surface area contributed by atoms with E-state index in [4.69, 9.17) is 4.74 Å². The molecule has 0 bridgehead atoms. The van der Waals surface area contributed by atoms with E-state index in [-0.39, 0.29) is 29.5 Å². The second kappa shape index (κ2) is 11.0. The lowest BCUT2D eigenvalue weighted by Crippen LogP contribution is -2.35. The molecule has 1 saturated heterocycles. The summed E-state index contributed by atoms with van der Waals surface area (Å²) in [6, 6.07) is 13.3. The molecule has 1 aliphatic heterocycles. The minimum atomic E-state index is -3.88. The highest BCUT2D eigenvalue weighted by Gasteiger charge is 2.27. The summed E-state index contributed by atoms with van der Waals surface area (Å²) < 4.78 is 59.4. The molecule has 1 heterocycles. The zero-order valence-electron chi connectivity index (χ0n) is 19.5. The zero-order valence-corrected chi connectivity index (χ0v) is 21.1. The van der Waals surface area contributed by atoms with Crippen molar-refractivity contribution >= 4 is 25.7 Å². The molecular weight excluding hydrogens is 462 g/mol. The number of anilines is 1. The number of benzene rings is 2. The normalized spacial score (nSPS) is 15.4. The van der Waals surface area contributed by atoms with E-state index < -0.39 is 20.0 Å². The summed E-state index contributed by atoms with van der Waals surface area (Å²) in [6.07, 6.45) is 3.47. The van der Waals surface area contributed by atoms with Gasteiger partial charge >= 0.3 is 0 Å². The van der Waals surface area contributed by atoms with Crippen molar-refractivity contribution in [3.63, 3.8) is 0 Å². The van der Waals surface area contributed by atoms with Gasteiger partial charge in [-0.25, -0.2) is 21.1 Å². The van der Waals surface area contributed by atoms with Crippen molar-refractivity contribution in [3.05, 3.63) is 54.1 Å². The van der Waals surface area contributed by atoms with Gasteiger partial charge in [-0.2, -0.15) is 4.31 Å². The zero-order chi connectivity index (χ0) is 24.1. The molecule has 1 aliphatic rings. The largest absolute Gasteiger partial charge is 0.383 e. The predicted molar refractivity (Wildman–Crippen MR) is 129 cm³/mol. The van der Waals surface area contributed by atoms with E-state index in [0.29, 0.717) is 0 Å². The number of para-hydroxylation sites is 1. The first-order valence-electron chi connectivity index (χ1n) is 11.0. The van der Waals surface area contributed by atoms with Crippen molar-refractivity contribution in [3.8, 4) is 0 Å². The van der Waals surface area contributed by atoms with Crippen molar-refractivity contribution in [1.82, 2.24) is 8.61 Å². The molecule has 0 unspecified atom stereocenters. The van der Waals surface area contributed by atoms with Gasteiger partial charge in [0.15, 0.2) is 0 Å². The maximum Gasteiger partial charge on any atom is 0.243 e. The average Bonchev–Trinajstić information content (AvgIpc) is 2.82. The lowest BCUT2D eigenvalue weighted by Gasteiger charge is -2.32. The van der Waals surface area contributed by atoms with Crippen LogP contribution in [0.15, 0.2) is 58.3 Å². The van der Waals surface area contributed by atoms with Gasteiger partial charge in [0, 0.05) is 53.1 Å². The Morgan fingerprint density at radius 3 is 2.00 bits per heavy atom. The molecule has 0 amide bonds. The van der Waals surface area contributed by atoms with Crippen LogP contribution < -0.4 is 4.90 Å². The fourth-order valence-electron chi connectivity index (χ4n) is 3.90. The molecule has 0 aromatic heterocycles. The van der Waals surface area contributed by atoms with E-state index in [1.54, 1.807) is 0 Å². The summed E-state index contributed by atoms with van der Waals surface area (Å²) in [7, 11) is -3.11. The van der Waals surface area contributed by atoms with Crippen LogP contribution in [0.4, 0.5) is 5.69 Å². The number of hydrogen-bond donors (Lipinski definition) is 0. The molecule has 182 valence electrons. The van der Waals surface area contributed by atoms with Crippen molar-refractivity contribution in [1.29, 1.82) is 0 Å². The summed E-state index contributed by atoms with van der Waals surface area (Å²) in [5.74, 6) is 0. The maximum atomic E-state index is 13.5. The quantitative estimate of drug-likeness (QED) is 0.504. The molecule has 0 spiro atoms. The Morgan fingerprint density at radius 2 is 1.42 bits per heavy atom. The third-order valence-electron chi connectivity index (χ3n) is 5.82. The van der Waals surface area contributed by atoms with E-state index >= 15 is 0 Å². The van der Waals surface area contributed by atoms with E-state index in [1.165, 1.54) is 56.2 Å². The van der Waals surface area contributed by atoms with Crippen LogP contribution in [0.3, 0.4) is 0 Å². The number of methoxy groups -OCH3 is 1. The van der Waals surface area contributed by atoms with E-state index in [1.807, 2.05) is 24.3 Å². The number of piperidine rings is 1. The van der Waals surface area contributed by atoms with Crippen LogP contribution in [0.1, 0.15) is 24.8 Å². The lowest BCUT2D eigenvalue weighted by molar-refractivity contribution is 0.177. The molecule has 3 rings (SSSR count). The van der Waals surface area contributed by atoms with Gasteiger partial charge in [0.2, 0.25) is 20.0 Å². The molecule has 2 aromatic carbocycles. The molecule has 0 radical (unpaired) electrons. The average molecular weight is 496 g/mol. The van der Waals surface area contributed by atoms with Crippen LogP contribution in [-0.2, 0) is 31.3 Å². The third kappa shape index (κ3) is 5.93. The molecule has 8 nitrogen and oxygen atoms in total. The first-order valence-corrected chi connectivity index (χ1v) is 13.9. The smallest absolute Gasteiger partial charge is 0.243 e. The van der Waals surface area contributed by atoms with Gasteiger partial charge in [-0.1, -0.05) is 18.2 Å². The standard InChI is InChI=1S/C23H33N3O5S2/c1-24(2)32(27,28)21-11-13-22(14-12-21)33(29,30)26(17-18-31-3)19-20-9-5-6-10-23(20)25-15-7-4-8-16-25/h5-6,9-14H,4,7-8,15-19H2,1-3H3. The van der Waals surface area contributed by atoms with Gasteiger partial charge in [-0.05, 0) is 55.2 Å². The Hall–Kier alpha value is -1.98. The van der Waals surface area contributed by atoms with Gasteiger partial charge < -0.3 is 9.64 Å². The molecule has 2 aromatic rings. The van der Waals surface area contributed by atoms with Crippen LogP contribution in [-0.4, -0.2) is 72.9 Å². The molecule has 0 N–H and O–H groups in total. The number of nitrogens with zero attached hydrogens (tertiary/aromatic N) is 3. The second-order valence-corrected chi connectivity index (χ2v) is 12.4. The Bertz CT molecular complexity index is 1130. The van der Waals surface area contributed by atoms with Crippen LogP contribution >= 0.6 is 0 Å². The number of hydrogen-bond acceptors (Lipinski definition) is 6. The van der Waals surface area contributed by atoms with Crippen LogP contribution in [0.25, 0.3) is 0 Å². The summed E-state index contributed by atoms with van der Waals surface area (Å²) >= 11 is 0.